The number of fused-ring (bicyclic) bond motifs is 1. The molecule has 0 saturated carbocycles. The van der Waals surface area contributed by atoms with Crippen LogP contribution in [0.4, 0.5) is 4.39 Å². The number of rotatable bonds is 6. The molecule has 6 nitrogen and oxygen atoms in total. The number of halogens is 1. The third kappa shape index (κ3) is 4.73. The molecular weight excluding hydrogens is 437 g/mol. The summed E-state index contributed by atoms with van der Waals surface area (Å²) >= 11 is 0. The second-order valence-electron chi connectivity index (χ2n) is 7.89. The Morgan fingerprint density at radius 1 is 0.971 bits per heavy atom. The van der Waals surface area contributed by atoms with Gasteiger partial charge in [-0.1, -0.05) is 48.5 Å². The quantitative estimate of drug-likeness (QED) is 0.390. The fourth-order valence-electron chi connectivity index (χ4n) is 3.60. The van der Waals surface area contributed by atoms with Gasteiger partial charge in [0.2, 0.25) is 0 Å². The van der Waals surface area contributed by atoms with Gasteiger partial charge in [0.15, 0.2) is 17.6 Å². The number of likely N-dealkylation sites (N-methyl/N-ethyl adjacent to an activating group) is 1. The lowest BCUT2D eigenvalue weighted by atomic mass is 10.0. The first-order chi connectivity index (χ1) is 16.3. The third-order valence-electron chi connectivity index (χ3n) is 5.49. The molecule has 0 radical (unpaired) electrons. The van der Waals surface area contributed by atoms with Crippen LogP contribution in [0.15, 0.2) is 82.0 Å². The Morgan fingerprint density at radius 2 is 1.68 bits per heavy atom. The van der Waals surface area contributed by atoms with Crippen LogP contribution >= 0.6 is 0 Å². The minimum Gasteiger partial charge on any atom is -0.455 e. The molecule has 0 unspecified atom stereocenters. The van der Waals surface area contributed by atoms with E-state index in [1.165, 1.54) is 23.1 Å². The summed E-state index contributed by atoms with van der Waals surface area (Å²) in [6, 6.07) is 19.6. The average molecular weight is 459 g/mol. The number of esters is 1. The summed E-state index contributed by atoms with van der Waals surface area (Å²) in [5.74, 6) is -1.20. The molecule has 1 heterocycles. The molecule has 1 amide bonds. The summed E-state index contributed by atoms with van der Waals surface area (Å²) in [5, 5.41) is 0.256. The smallest absolute Gasteiger partial charge is 0.342 e. The molecule has 4 rings (SSSR count). The minimum absolute atomic E-state index is 0.0563. The Kier molecular flexibility index (Phi) is 6.54. The lowest BCUT2D eigenvalue weighted by Crippen LogP contribution is -2.30. The van der Waals surface area contributed by atoms with Gasteiger partial charge in [-0.2, -0.15) is 0 Å². The van der Waals surface area contributed by atoms with E-state index < -0.39 is 18.5 Å². The molecule has 1 aromatic heterocycles. The van der Waals surface area contributed by atoms with Gasteiger partial charge in [0, 0.05) is 24.7 Å². The minimum atomic E-state index is -0.778. The molecule has 34 heavy (non-hydrogen) atoms. The first-order valence-electron chi connectivity index (χ1n) is 10.6. The molecule has 7 heteroatoms. The first-order valence-corrected chi connectivity index (χ1v) is 10.6. The third-order valence-corrected chi connectivity index (χ3v) is 5.49. The molecule has 0 fully saturated rings. The fourth-order valence-corrected chi connectivity index (χ4v) is 3.60. The number of nitrogens with zero attached hydrogens (tertiary/aromatic N) is 1. The van der Waals surface area contributed by atoms with Gasteiger partial charge in [-0.15, -0.1) is 0 Å². The van der Waals surface area contributed by atoms with E-state index in [4.69, 9.17) is 9.15 Å². The zero-order valence-corrected chi connectivity index (χ0v) is 18.7. The van der Waals surface area contributed by atoms with Gasteiger partial charge in [-0.3, -0.25) is 9.59 Å². The second kappa shape index (κ2) is 9.70. The highest BCUT2D eigenvalue weighted by Crippen LogP contribution is 2.27. The molecule has 0 bridgehead atoms. The van der Waals surface area contributed by atoms with Gasteiger partial charge in [-0.05, 0) is 36.8 Å². The van der Waals surface area contributed by atoms with Crippen molar-refractivity contribution in [1.82, 2.24) is 4.90 Å². The Labute approximate surface area is 195 Å². The van der Waals surface area contributed by atoms with Gasteiger partial charge in [0.05, 0.1) is 5.39 Å². The highest BCUT2D eigenvalue weighted by atomic mass is 19.1. The van der Waals surface area contributed by atoms with Crippen molar-refractivity contribution in [1.29, 1.82) is 0 Å². The van der Waals surface area contributed by atoms with Crippen LogP contribution < -0.4 is 5.43 Å². The lowest BCUT2D eigenvalue weighted by Gasteiger charge is -2.17. The van der Waals surface area contributed by atoms with Crippen molar-refractivity contribution < 1.29 is 23.1 Å². The van der Waals surface area contributed by atoms with Crippen LogP contribution in [-0.2, 0) is 16.1 Å². The molecule has 0 aliphatic carbocycles. The van der Waals surface area contributed by atoms with Crippen molar-refractivity contribution in [2.45, 2.75) is 13.5 Å². The van der Waals surface area contributed by atoms with Crippen LogP contribution in [0.25, 0.3) is 22.3 Å². The summed E-state index contributed by atoms with van der Waals surface area (Å²) in [7, 11) is 1.56. The van der Waals surface area contributed by atoms with Crippen molar-refractivity contribution in [3.05, 3.63) is 106 Å². The summed E-state index contributed by atoms with van der Waals surface area (Å²) in [5.41, 5.74) is 1.80. The topological polar surface area (TPSA) is 76.8 Å². The van der Waals surface area contributed by atoms with Crippen LogP contribution in [0.2, 0.25) is 0 Å². The number of benzene rings is 3. The van der Waals surface area contributed by atoms with Gasteiger partial charge in [0.1, 0.15) is 17.1 Å². The Morgan fingerprint density at radius 3 is 2.38 bits per heavy atom. The molecule has 0 saturated heterocycles. The van der Waals surface area contributed by atoms with Gasteiger partial charge in [-0.25, -0.2) is 9.18 Å². The number of amides is 1. The summed E-state index contributed by atoms with van der Waals surface area (Å²) in [6.07, 6.45) is 0. The normalized spacial score (nSPS) is 10.8. The Bertz CT molecular complexity index is 1410. The molecule has 3 aromatic carbocycles. The van der Waals surface area contributed by atoms with E-state index in [-0.39, 0.29) is 34.3 Å². The second-order valence-corrected chi connectivity index (χ2v) is 7.89. The maximum Gasteiger partial charge on any atom is 0.342 e. The van der Waals surface area contributed by atoms with Crippen LogP contribution in [0.1, 0.15) is 21.5 Å². The standard InChI is InChI=1S/C27H22FNO5/c1-17-24(31)21-9-6-10-22(26(21)34-25(17)19-7-4-3-5-8-19)27(32)33-16-23(30)29(2)15-18-11-13-20(28)14-12-18/h3-14H,15-16H2,1-2H3. The van der Waals surface area contributed by atoms with E-state index in [2.05, 4.69) is 0 Å². The number of hydrogen-bond donors (Lipinski definition) is 0. The van der Waals surface area contributed by atoms with Crippen LogP contribution in [-0.4, -0.2) is 30.4 Å². The molecule has 0 aliphatic heterocycles. The predicted molar refractivity (Wildman–Crippen MR) is 126 cm³/mol. The van der Waals surface area contributed by atoms with Crippen LogP contribution in [0.5, 0.6) is 0 Å². The highest BCUT2D eigenvalue weighted by Gasteiger charge is 2.20. The summed E-state index contributed by atoms with van der Waals surface area (Å²) < 4.78 is 24.3. The Balaban J connectivity index is 1.55. The fraction of sp³-hybridized carbons (Fsp3) is 0.148. The molecular formula is C27H22FNO5. The first kappa shape index (κ1) is 22.9. The van der Waals surface area contributed by atoms with E-state index in [0.717, 1.165) is 5.56 Å². The van der Waals surface area contributed by atoms with Crippen molar-refractivity contribution >= 4 is 22.8 Å². The number of para-hydroxylation sites is 1. The van der Waals surface area contributed by atoms with Crippen LogP contribution in [0, 0.1) is 12.7 Å². The molecule has 0 aliphatic rings. The summed E-state index contributed by atoms with van der Waals surface area (Å²) in [4.78, 5) is 39.6. The van der Waals surface area contributed by atoms with Crippen molar-refractivity contribution in [3.8, 4) is 11.3 Å². The van der Waals surface area contributed by atoms with Gasteiger partial charge >= 0.3 is 5.97 Å². The van der Waals surface area contributed by atoms with Crippen molar-refractivity contribution in [3.63, 3.8) is 0 Å². The zero-order chi connectivity index (χ0) is 24.2. The maximum absolute atomic E-state index is 13.1. The van der Waals surface area contributed by atoms with E-state index in [1.807, 2.05) is 30.3 Å². The van der Waals surface area contributed by atoms with E-state index in [9.17, 15) is 18.8 Å². The highest BCUT2D eigenvalue weighted by molar-refractivity contribution is 6.02. The number of hydrogen-bond acceptors (Lipinski definition) is 5. The average Bonchev–Trinajstić information content (AvgIpc) is 2.86. The maximum atomic E-state index is 13.1. The number of ether oxygens (including phenoxy) is 1. The predicted octanol–water partition coefficient (Wildman–Crippen LogP) is 4.72. The molecule has 4 aromatic rings. The number of carbonyl (C=O) groups excluding carboxylic acids is 2. The van der Waals surface area contributed by atoms with Crippen molar-refractivity contribution in [2.24, 2.45) is 0 Å². The zero-order valence-electron chi connectivity index (χ0n) is 18.7. The Hall–Kier alpha value is -4.26. The van der Waals surface area contributed by atoms with Crippen molar-refractivity contribution in [2.75, 3.05) is 13.7 Å². The van der Waals surface area contributed by atoms with E-state index in [1.54, 1.807) is 38.2 Å². The summed E-state index contributed by atoms with van der Waals surface area (Å²) in [6.45, 7) is 1.42. The molecule has 0 atom stereocenters. The van der Waals surface area contributed by atoms with Gasteiger partial charge in [0.25, 0.3) is 5.91 Å². The number of carbonyl (C=O) groups is 2. The van der Waals surface area contributed by atoms with E-state index >= 15 is 0 Å². The SMILES string of the molecule is Cc1c(-c2ccccc2)oc2c(C(=O)OCC(=O)N(C)Cc3ccc(F)cc3)cccc2c1=O. The molecule has 0 spiro atoms. The van der Waals surface area contributed by atoms with E-state index in [0.29, 0.717) is 16.9 Å². The largest absolute Gasteiger partial charge is 0.455 e. The monoisotopic (exact) mass is 459 g/mol. The van der Waals surface area contributed by atoms with Gasteiger partial charge < -0.3 is 14.1 Å². The van der Waals surface area contributed by atoms with Crippen LogP contribution in [0.3, 0.4) is 0 Å². The lowest BCUT2D eigenvalue weighted by molar-refractivity contribution is -0.133. The molecule has 0 N–H and O–H groups in total. The molecule has 172 valence electrons.